The highest BCUT2D eigenvalue weighted by molar-refractivity contribution is 8.24. The first-order valence-corrected chi connectivity index (χ1v) is 11.2. The minimum absolute atomic E-state index is 0.0995. The van der Waals surface area contributed by atoms with E-state index in [1.165, 1.54) is 0 Å². The van der Waals surface area contributed by atoms with Crippen LogP contribution in [0.2, 0.25) is 0 Å². The first kappa shape index (κ1) is 18.6. The molecule has 0 aromatic heterocycles. The molecular formula is C22H21O2PS. The maximum Gasteiger partial charge on any atom is 0.235 e. The highest BCUT2D eigenvalue weighted by Crippen LogP contribution is 2.50. The van der Waals surface area contributed by atoms with Gasteiger partial charge in [0.2, 0.25) is 11.8 Å². The zero-order chi connectivity index (χ0) is 18.7. The number of carbonyl (C=O) groups excluding carboxylic acids is 1. The topological polar surface area (TPSA) is 26.3 Å². The summed E-state index contributed by atoms with van der Waals surface area (Å²) < 4.78 is 6.22. The third-order valence-electron chi connectivity index (χ3n) is 4.23. The fourth-order valence-electron chi connectivity index (χ4n) is 3.13. The Balaban J connectivity index is 2.16. The summed E-state index contributed by atoms with van der Waals surface area (Å²) in [4.78, 5) is 13.6. The lowest BCUT2D eigenvalue weighted by Crippen LogP contribution is -2.19. The summed E-state index contributed by atoms with van der Waals surface area (Å²) in [6.45, 7) is 5.95. The summed E-state index contributed by atoms with van der Waals surface area (Å²) in [5, 5.41) is 0.767. The third-order valence-corrected chi connectivity index (χ3v) is 7.79. The molecule has 0 spiro atoms. The van der Waals surface area contributed by atoms with Crippen LogP contribution >= 0.6 is 6.26 Å². The zero-order valence-electron chi connectivity index (χ0n) is 15.1. The van der Waals surface area contributed by atoms with E-state index < -0.39 is 6.26 Å². The monoisotopic (exact) mass is 380 g/mol. The minimum Gasteiger partial charge on any atom is -0.455 e. The molecule has 0 heterocycles. The molecule has 0 saturated heterocycles. The van der Waals surface area contributed by atoms with Gasteiger partial charge in [-0.3, -0.25) is 4.79 Å². The van der Waals surface area contributed by atoms with Crippen LogP contribution in [-0.4, -0.2) is 5.52 Å². The normalized spacial score (nSPS) is 13.0. The van der Waals surface area contributed by atoms with Gasteiger partial charge in [0.1, 0.15) is 5.75 Å². The van der Waals surface area contributed by atoms with E-state index in [4.69, 9.17) is 16.3 Å². The fraction of sp³-hybridized carbons (Fsp3) is 0.136. The minimum atomic E-state index is -2.98. The first-order valence-electron chi connectivity index (χ1n) is 8.45. The molecule has 0 N–H and O–H groups in total. The van der Waals surface area contributed by atoms with Gasteiger partial charge in [0.15, 0.2) is 0 Å². The van der Waals surface area contributed by atoms with Gasteiger partial charge >= 0.3 is 0 Å². The number of carbonyl (C=O) groups is 1. The molecule has 3 aromatic rings. The van der Waals surface area contributed by atoms with Crippen LogP contribution in [0.5, 0.6) is 5.75 Å². The van der Waals surface area contributed by atoms with Crippen LogP contribution in [0.3, 0.4) is 0 Å². The van der Waals surface area contributed by atoms with E-state index in [9.17, 15) is 4.79 Å². The van der Waals surface area contributed by atoms with Gasteiger partial charge in [-0.05, 0) is 55.8 Å². The van der Waals surface area contributed by atoms with Crippen molar-refractivity contribution in [3.63, 3.8) is 0 Å². The molecule has 0 bridgehead atoms. The second-order valence-electron chi connectivity index (χ2n) is 6.37. The molecule has 132 valence electrons. The molecular weight excluding hydrogens is 359 g/mol. The van der Waals surface area contributed by atoms with Crippen molar-refractivity contribution >= 4 is 28.9 Å². The molecule has 1 unspecified atom stereocenters. The van der Waals surface area contributed by atoms with Crippen LogP contribution in [0.25, 0.3) is 0 Å². The number of rotatable bonds is 5. The number of para-hydroxylation sites is 1. The first-order chi connectivity index (χ1) is 12.4. The standard InChI is InChI=1S/C22H21O2PS/c1-16-14-17(2)21(18(3)15-16)22(23)25(26,20-12-8-5-9-13-20)24-19-10-6-4-7-11-19/h4-15H,1-3H3. The number of aryl methyl sites for hydroxylation is 3. The van der Waals surface area contributed by atoms with E-state index in [0.29, 0.717) is 11.3 Å². The van der Waals surface area contributed by atoms with Crippen LogP contribution in [0.15, 0.2) is 72.8 Å². The summed E-state index contributed by atoms with van der Waals surface area (Å²) in [5.74, 6) is 0.621. The Morgan fingerprint density at radius 2 is 1.35 bits per heavy atom. The lowest BCUT2D eigenvalue weighted by molar-refractivity contribution is 0.107. The smallest absolute Gasteiger partial charge is 0.235 e. The predicted octanol–water partition coefficient (Wildman–Crippen LogP) is 5.55. The molecule has 0 radical (unpaired) electrons. The average molecular weight is 380 g/mol. The zero-order valence-corrected chi connectivity index (χ0v) is 16.8. The molecule has 0 aliphatic heterocycles. The Hall–Kier alpha value is -2.22. The molecule has 26 heavy (non-hydrogen) atoms. The molecule has 0 fully saturated rings. The van der Waals surface area contributed by atoms with Crippen molar-refractivity contribution in [1.82, 2.24) is 0 Å². The van der Waals surface area contributed by atoms with E-state index >= 15 is 0 Å². The summed E-state index contributed by atoms with van der Waals surface area (Å²) in [6.07, 6.45) is -2.98. The largest absolute Gasteiger partial charge is 0.455 e. The van der Waals surface area contributed by atoms with Gasteiger partial charge in [0.05, 0.1) is 0 Å². The van der Waals surface area contributed by atoms with Crippen molar-refractivity contribution in [1.29, 1.82) is 0 Å². The van der Waals surface area contributed by atoms with Crippen molar-refractivity contribution in [3.8, 4) is 5.75 Å². The Morgan fingerprint density at radius 3 is 1.88 bits per heavy atom. The lowest BCUT2D eigenvalue weighted by Gasteiger charge is -2.24. The molecule has 4 heteroatoms. The SMILES string of the molecule is Cc1cc(C)c(C(=O)P(=S)(Oc2ccccc2)c2ccccc2)c(C)c1. The summed E-state index contributed by atoms with van der Waals surface area (Å²) in [7, 11) is 0. The Kier molecular flexibility index (Phi) is 5.41. The molecule has 0 aliphatic rings. The van der Waals surface area contributed by atoms with Crippen LogP contribution < -0.4 is 9.83 Å². The average Bonchev–Trinajstić information content (AvgIpc) is 2.62. The number of hydrogen-bond donors (Lipinski definition) is 0. The molecule has 0 amide bonds. The summed E-state index contributed by atoms with van der Waals surface area (Å²) in [6, 6.07) is 22.9. The van der Waals surface area contributed by atoms with Gasteiger partial charge in [-0.25, -0.2) is 0 Å². The van der Waals surface area contributed by atoms with Crippen molar-refractivity contribution in [2.75, 3.05) is 0 Å². The van der Waals surface area contributed by atoms with Gasteiger partial charge in [0.25, 0.3) is 0 Å². The number of hydrogen-bond acceptors (Lipinski definition) is 3. The van der Waals surface area contributed by atoms with Gasteiger partial charge < -0.3 is 4.52 Å². The maximum absolute atomic E-state index is 13.6. The highest BCUT2D eigenvalue weighted by atomic mass is 32.4. The van der Waals surface area contributed by atoms with E-state index in [1.54, 1.807) is 0 Å². The van der Waals surface area contributed by atoms with E-state index in [-0.39, 0.29) is 5.52 Å². The van der Waals surface area contributed by atoms with E-state index in [1.807, 2.05) is 93.6 Å². The fourth-order valence-corrected chi connectivity index (χ4v) is 6.08. The molecule has 3 rings (SSSR count). The van der Waals surface area contributed by atoms with Crippen molar-refractivity contribution in [3.05, 3.63) is 95.1 Å². The van der Waals surface area contributed by atoms with Crippen molar-refractivity contribution in [2.24, 2.45) is 0 Å². The number of benzene rings is 3. The second-order valence-corrected chi connectivity index (χ2v) is 10.1. The predicted molar refractivity (Wildman–Crippen MR) is 112 cm³/mol. The molecule has 1 atom stereocenters. The Labute approximate surface area is 159 Å². The maximum atomic E-state index is 13.6. The van der Waals surface area contributed by atoms with E-state index in [0.717, 1.165) is 22.0 Å². The van der Waals surface area contributed by atoms with Crippen molar-refractivity contribution in [2.45, 2.75) is 20.8 Å². The van der Waals surface area contributed by atoms with Crippen LogP contribution in [0.4, 0.5) is 0 Å². The highest BCUT2D eigenvalue weighted by Gasteiger charge is 2.34. The van der Waals surface area contributed by atoms with Gasteiger partial charge in [-0.1, -0.05) is 66.2 Å². The Morgan fingerprint density at radius 1 is 0.846 bits per heavy atom. The van der Waals surface area contributed by atoms with Gasteiger partial charge in [-0.15, -0.1) is 0 Å². The third kappa shape index (κ3) is 3.65. The summed E-state index contributed by atoms with van der Waals surface area (Å²) >= 11 is 5.95. The van der Waals surface area contributed by atoms with Crippen LogP contribution in [0, 0.1) is 20.8 Å². The molecule has 3 aromatic carbocycles. The van der Waals surface area contributed by atoms with Crippen LogP contribution in [0.1, 0.15) is 27.0 Å². The second kappa shape index (κ2) is 7.57. The lowest BCUT2D eigenvalue weighted by atomic mass is 10.0. The van der Waals surface area contributed by atoms with Crippen molar-refractivity contribution < 1.29 is 9.32 Å². The molecule has 2 nitrogen and oxygen atoms in total. The van der Waals surface area contributed by atoms with Gasteiger partial charge in [0, 0.05) is 10.9 Å². The molecule has 0 aliphatic carbocycles. The quantitative estimate of drug-likeness (QED) is 0.543. The van der Waals surface area contributed by atoms with Gasteiger partial charge in [-0.2, -0.15) is 0 Å². The summed E-state index contributed by atoms with van der Waals surface area (Å²) in [5.41, 5.74) is 3.59. The van der Waals surface area contributed by atoms with Crippen LogP contribution in [-0.2, 0) is 11.8 Å². The Bertz CT molecular complexity index is 959. The van der Waals surface area contributed by atoms with E-state index in [2.05, 4.69) is 0 Å². The molecule has 0 saturated carbocycles.